The van der Waals surface area contributed by atoms with Crippen LogP contribution in [-0.4, -0.2) is 23.7 Å². The van der Waals surface area contributed by atoms with Crippen LogP contribution in [0.5, 0.6) is 0 Å². The zero-order valence-electron chi connectivity index (χ0n) is 12.4. The molecule has 0 aliphatic heterocycles. The fraction of sp³-hybridized carbons (Fsp3) is 0.125. The minimum atomic E-state index is -1.13. The molecule has 0 heterocycles. The molecule has 1 N–H and O–H groups in total. The summed E-state index contributed by atoms with van der Waals surface area (Å²) in [6, 6.07) is 7.44. The van der Waals surface area contributed by atoms with Gasteiger partial charge in [0.25, 0.3) is 0 Å². The Bertz CT molecular complexity index is 710. The standard InChI is InChI=1S/C9H8BrFO2.C7H4BrFO2/c1-2-13-9(12)6-3-7(10)5-8(11)4-6;8-5-1-4(7(10)11)2-6(9)3-5/h3-5H,2H2,1H3;1-3H,(H,10,11). The Morgan fingerprint density at radius 3 is 1.83 bits per heavy atom. The summed E-state index contributed by atoms with van der Waals surface area (Å²) < 4.78 is 30.9. The molecule has 8 heteroatoms. The van der Waals surface area contributed by atoms with Crippen molar-refractivity contribution in [3.05, 3.63) is 68.1 Å². The largest absolute Gasteiger partial charge is 0.478 e. The van der Waals surface area contributed by atoms with Crippen LogP contribution in [0.1, 0.15) is 27.6 Å². The molecule has 0 unspecified atom stereocenters. The molecule has 0 atom stereocenters. The lowest BCUT2D eigenvalue weighted by Crippen LogP contribution is -2.04. The van der Waals surface area contributed by atoms with Crippen molar-refractivity contribution in [3.8, 4) is 0 Å². The number of carbonyl (C=O) groups is 2. The van der Waals surface area contributed by atoms with E-state index in [0.717, 1.165) is 12.1 Å². The molecule has 0 aliphatic carbocycles. The first kappa shape index (κ1) is 20.2. The van der Waals surface area contributed by atoms with Crippen molar-refractivity contribution < 1.29 is 28.2 Å². The van der Waals surface area contributed by atoms with Gasteiger partial charge in [0.2, 0.25) is 0 Å². The summed E-state index contributed by atoms with van der Waals surface area (Å²) in [5.41, 5.74) is 0.158. The predicted octanol–water partition coefficient (Wildman–Crippen LogP) is 5.05. The molecule has 0 amide bonds. The molecule has 2 aromatic rings. The van der Waals surface area contributed by atoms with Crippen LogP contribution in [0.25, 0.3) is 0 Å². The predicted molar refractivity (Wildman–Crippen MR) is 91.1 cm³/mol. The number of benzene rings is 2. The van der Waals surface area contributed by atoms with Gasteiger partial charge < -0.3 is 9.84 Å². The maximum atomic E-state index is 12.8. The van der Waals surface area contributed by atoms with E-state index in [2.05, 4.69) is 31.9 Å². The second-order valence-electron chi connectivity index (χ2n) is 4.34. The highest BCUT2D eigenvalue weighted by Gasteiger charge is 2.08. The fourth-order valence-corrected chi connectivity index (χ4v) is 2.49. The molecule has 0 aliphatic rings. The number of aromatic carboxylic acids is 1. The van der Waals surface area contributed by atoms with Crippen LogP contribution in [0.15, 0.2) is 45.3 Å². The second-order valence-corrected chi connectivity index (χ2v) is 6.17. The van der Waals surface area contributed by atoms with Crippen molar-refractivity contribution in [1.82, 2.24) is 0 Å². The Hall–Kier alpha value is -1.80. The highest BCUT2D eigenvalue weighted by Crippen LogP contribution is 2.16. The number of rotatable bonds is 3. The van der Waals surface area contributed by atoms with Gasteiger partial charge in [-0.1, -0.05) is 31.9 Å². The Labute approximate surface area is 153 Å². The van der Waals surface area contributed by atoms with E-state index in [1.807, 2.05) is 0 Å². The smallest absolute Gasteiger partial charge is 0.338 e. The first-order valence-electron chi connectivity index (χ1n) is 6.55. The summed E-state index contributed by atoms with van der Waals surface area (Å²) in [7, 11) is 0. The van der Waals surface area contributed by atoms with E-state index in [4.69, 9.17) is 9.84 Å². The van der Waals surface area contributed by atoms with E-state index in [0.29, 0.717) is 8.95 Å². The van der Waals surface area contributed by atoms with Gasteiger partial charge in [0.05, 0.1) is 17.7 Å². The SMILES string of the molecule is CCOC(=O)c1cc(F)cc(Br)c1.O=C(O)c1cc(F)cc(Br)c1. The van der Waals surface area contributed by atoms with Crippen LogP contribution < -0.4 is 0 Å². The third-order valence-electron chi connectivity index (χ3n) is 2.48. The van der Waals surface area contributed by atoms with Crippen molar-refractivity contribution >= 4 is 43.8 Å². The van der Waals surface area contributed by atoms with E-state index < -0.39 is 23.6 Å². The van der Waals surface area contributed by atoms with E-state index in [1.165, 1.54) is 24.3 Å². The first-order chi connectivity index (χ1) is 11.2. The molecule has 128 valence electrons. The fourth-order valence-electron chi connectivity index (χ4n) is 1.56. The Balaban J connectivity index is 0.000000243. The van der Waals surface area contributed by atoms with Gasteiger partial charge in [-0.15, -0.1) is 0 Å². The van der Waals surface area contributed by atoms with E-state index in [1.54, 1.807) is 6.92 Å². The number of carboxylic acids is 1. The molecule has 0 spiro atoms. The molecule has 4 nitrogen and oxygen atoms in total. The number of ether oxygens (including phenoxy) is 1. The Morgan fingerprint density at radius 1 is 0.958 bits per heavy atom. The Morgan fingerprint density at radius 2 is 1.42 bits per heavy atom. The van der Waals surface area contributed by atoms with E-state index in [-0.39, 0.29) is 17.7 Å². The number of hydrogen-bond donors (Lipinski definition) is 1. The Kier molecular flexibility index (Phi) is 8.00. The third-order valence-corrected chi connectivity index (χ3v) is 3.40. The van der Waals surface area contributed by atoms with Crippen molar-refractivity contribution in [3.63, 3.8) is 0 Å². The summed E-state index contributed by atoms with van der Waals surface area (Å²) >= 11 is 6.06. The van der Waals surface area contributed by atoms with Gasteiger partial charge in [-0.3, -0.25) is 0 Å². The molecular formula is C16H12Br2F2O4. The molecular weight excluding hydrogens is 454 g/mol. The van der Waals surface area contributed by atoms with Crippen molar-refractivity contribution in [2.45, 2.75) is 6.92 Å². The monoisotopic (exact) mass is 464 g/mol. The number of esters is 1. The molecule has 0 saturated heterocycles. The summed E-state index contributed by atoms with van der Waals surface area (Å²) in [6.45, 7) is 1.99. The van der Waals surface area contributed by atoms with Gasteiger partial charge >= 0.3 is 11.9 Å². The van der Waals surface area contributed by atoms with Gasteiger partial charge in [-0.05, 0) is 43.3 Å². The molecule has 24 heavy (non-hydrogen) atoms. The summed E-state index contributed by atoms with van der Waals surface area (Å²) in [4.78, 5) is 21.5. The number of carbonyl (C=O) groups excluding carboxylic acids is 1. The molecule has 0 radical (unpaired) electrons. The zero-order valence-corrected chi connectivity index (χ0v) is 15.5. The summed E-state index contributed by atoms with van der Waals surface area (Å²) in [6.07, 6.45) is 0. The average molecular weight is 466 g/mol. The normalized spacial score (nSPS) is 9.71. The highest BCUT2D eigenvalue weighted by atomic mass is 79.9. The minimum Gasteiger partial charge on any atom is -0.478 e. The first-order valence-corrected chi connectivity index (χ1v) is 8.14. The molecule has 2 aromatic carbocycles. The maximum Gasteiger partial charge on any atom is 0.338 e. The lowest BCUT2D eigenvalue weighted by molar-refractivity contribution is 0.0525. The summed E-state index contributed by atoms with van der Waals surface area (Å²) in [5, 5.41) is 8.45. The minimum absolute atomic E-state index is 0.0584. The summed E-state index contributed by atoms with van der Waals surface area (Å²) in [5.74, 6) is -2.66. The van der Waals surface area contributed by atoms with Gasteiger partial charge in [0.1, 0.15) is 11.6 Å². The van der Waals surface area contributed by atoms with Crippen LogP contribution >= 0.6 is 31.9 Å². The van der Waals surface area contributed by atoms with Crippen LogP contribution in [0.4, 0.5) is 8.78 Å². The van der Waals surface area contributed by atoms with E-state index in [9.17, 15) is 18.4 Å². The van der Waals surface area contributed by atoms with Crippen LogP contribution in [0, 0.1) is 11.6 Å². The average Bonchev–Trinajstić information content (AvgIpc) is 2.46. The molecule has 0 fully saturated rings. The molecule has 2 rings (SSSR count). The van der Waals surface area contributed by atoms with Gasteiger partial charge in [-0.25, -0.2) is 18.4 Å². The van der Waals surface area contributed by atoms with Crippen molar-refractivity contribution in [2.75, 3.05) is 6.61 Å². The molecule has 0 aromatic heterocycles. The van der Waals surface area contributed by atoms with Crippen LogP contribution in [0.3, 0.4) is 0 Å². The zero-order chi connectivity index (χ0) is 18.3. The second kappa shape index (κ2) is 9.48. The number of carboxylic acid groups (broad SMARTS) is 1. The van der Waals surface area contributed by atoms with Gasteiger partial charge in [0.15, 0.2) is 0 Å². The van der Waals surface area contributed by atoms with Gasteiger partial charge in [0, 0.05) is 8.95 Å². The highest BCUT2D eigenvalue weighted by molar-refractivity contribution is 9.10. The molecule has 0 saturated carbocycles. The topological polar surface area (TPSA) is 63.6 Å². The van der Waals surface area contributed by atoms with Crippen LogP contribution in [0.2, 0.25) is 0 Å². The number of hydrogen-bond acceptors (Lipinski definition) is 3. The lowest BCUT2D eigenvalue weighted by atomic mass is 10.2. The molecule has 0 bridgehead atoms. The van der Waals surface area contributed by atoms with Gasteiger partial charge in [-0.2, -0.15) is 0 Å². The van der Waals surface area contributed by atoms with Crippen LogP contribution in [-0.2, 0) is 4.74 Å². The lowest BCUT2D eigenvalue weighted by Gasteiger charge is -2.01. The quantitative estimate of drug-likeness (QED) is 0.644. The maximum absolute atomic E-state index is 12.8. The number of halogens is 4. The van der Waals surface area contributed by atoms with E-state index >= 15 is 0 Å². The van der Waals surface area contributed by atoms with Crippen molar-refractivity contribution in [1.29, 1.82) is 0 Å². The van der Waals surface area contributed by atoms with Crippen molar-refractivity contribution in [2.24, 2.45) is 0 Å². The third kappa shape index (κ3) is 6.76.